The zero-order valence-electron chi connectivity index (χ0n) is 16.0. The molecule has 134 valence electrons. The van der Waals surface area contributed by atoms with E-state index < -0.39 is 5.97 Å². The number of benzene rings is 1. The van der Waals surface area contributed by atoms with Gasteiger partial charge in [0.2, 0.25) is 0 Å². The van der Waals surface area contributed by atoms with E-state index in [4.69, 9.17) is 0 Å². The highest BCUT2D eigenvalue weighted by atomic mass is 16.4. The van der Waals surface area contributed by atoms with Gasteiger partial charge < -0.3 is 5.11 Å². The fourth-order valence-corrected chi connectivity index (χ4v) is 5.91. The van der Waals surface area contributed by atoms with E-state index in [1.165, 1.54) is 17.6 Å². The van der Waals surface area contributed by atoms with Gasteiger partial charge in [-0.3, -0.25) is 0 Å². The zero-order valence-corrected chi connectivity index (χ0v) is 16.0. The summed E-state index contributed by atoms with van der Waals surface area (Å²) in [5.74, 6) is 1.69. The maximum atomic E-state index is 11.6. The van der Waals surface area contributed by atoms with Crippen LogP contribution in [-0.2, 0) is 4.79 Å². The van der Waals surface area contributed by atoms with Gasteiger partial charge in [-0.05, 0) is 49.5 Å². The minimum atomic E-state index is -0.811. The van der Waals surface area contributed by atoms with Crippen LogP contribution in [0.4, 0.5) is 0 Å². The van der Waals surface area contributed by atoms with Gasteiger partial charge in [0.05, 0.1) is 0 Å². The fraction of sp³-hybridized carbons (Fsp3) is 0.522. The lowest BCUT2D eigenvalue weighted by Gasteiger charge is -2.49. The second-order valence-corrected chi connectivity index (χ2v) is 8.54. The van der Waals surface area contributed by atoms with Crippen LogP contribution in [0.3, 0.4) is 0 Å². The maximum absolute atomic E-state index is 11.6. The van der Waals surface area contributed by atoms with Crippen LogP contribution in [0.5, 0.6) is 0 Å². The Morgan fingerprint density at radius 1 is 1.20 bits per heavy atom. The molecule has 0 saturated heterocycles. The summed E-state index contributed by atoms with van der Waals surface area (Å²) >= 11 is 0. The van der Waals surface area contributed by atoms with E-state index in [0.717, 1.165) is 0 Å². The summed E-state index contributed by atoms with van der Waals surface area (Å²) in [6, 6.07) is 10.6. The van der Waals surface area contributed by atoms with Crippen molar-refractivity contribution in [1.29, 1.82) is 0 Å². The highest BCUT2D eigenvalue weighted by Crippen LogP contribution is 2.61. The number of aliphatic carboxylic acids is 1. The molecule has 0 bridgehead atoms. The van der Waals surface area contributed by atoms with Crippen molar-refractivity contribution in [1.82, 2.24) is 0 Å². The van der Waals surface area contributed by atoms with E-state index >= 15 is 0 Å². The van der Waals surface area contributed by atoms with Crippen molar-refractivity contribution >= 4 is 5.97 Å². The Balaban J connectivity index is 2.20. The van der Waals surface area contributed by atoms with Crippen LogP contribution >= 0.6 is 0 Å². The molecule has 2 heteroatoms. The van der Waals surface area contributed by atoms with Gasteiger partial charge in [-0.1, -0.05) is 68.8 Å². The first-order valence-electron chi connectivity index (χ1n) is 9.41. The third-order valence-corrected chi connectivity index (χ3v) is 6.72. The fourth-order valence-electron chi connectivity index (χ4n) is 5.91. The predicted octanol–water partition coefficient (Wildman–Crippen LogP) is 5.68. The monoisotopic (exact) mass is 338 g/mol. The zero-order chi connectivity index (χ0) is 18.4. The number of fused-ring (bicyclic) bond motifs is 1. The molecule has 2 aliphatic rings. The molecule has 0 aliphatic heterocycles. The molecule has 2 aliphatic carbocycles. The number of hydrogen-bond donors (Lipinski definition) is 1. The summed E-state index contributed by atoms with van der Waals surface area (Å²) in [7, 11) is 0. The molecule has 1 fully saturated rings. The third kappa shape index (κ3) is 2.96. The molecular weight excluding hydrogens is 308 g/mol. The lowest BCUT2D eigenvalue weighted by Crippen LogP contribution is -2.41. The highest BCUT2D eigenvalue weighted by Gasteiger charge is 2.54. The Hall–Kier alpha value is -1.83. The summed E-state index contributed by atoms with van der Waals surface area (Å²) in [6.07, 6.45) is 5.69. The number of carboxylic acids is 1. The first kappa shape index (κ1) is 18.0. The largest absolute Gasteiger partial charge is 0.478 e. The number of carboxylic acid groups (broad SMARTS) is 1. The molecule has 0 heterocycles. The molecule has 0 amide bonds. The van der Waals surface area contributed by atoms with Crippen molar-refractivity contribution < 1.29 is 9.90 Å². The molecule has 0 radical (unpaired) electrons. The van der Waals surface area contributed by atoms with Gasteiger partial charge in [0.15, 0.2) is 0 Å². The Labute approximate surface area is 151 Å². The van der Waals surface area contributed by atoms with Gasteiger partial charge in [0.25, 0.3) is 0 Å². The van der Waals surface area contributed by atoms with Crippen molar-refractivity contribution in [2.24, 2.45) is 29.1 Å². The Bertz CT molecular complexity index is 715. The second kappa shape index (κ2) is 6.48. The summed E-state index contributed by atoms with van der Waals surface area (Å²) < 4.78 is 0. The van der Waals surface area contributed by atoms with Gasteiger partial charge in [-0.2, -0.15) is 0 Å². The molecule has 1 aromatic carbocycles. The van der Waals surface area contributed by atoms with Gasteiger partial charge in [-0.15, -0.1) is 0 Å². The van der Waals surface area contributed by atoms with Gasteiger partial charge >= 0.3 is 5.97 Å². The predicted molar refractivity (Wildman–Crippen MR) is 102 cm³/mol. The van der Waals surface area contributed by atoms with E-state index in [-0.39, 0.29) is 11.3 Å². The minimum absolute atomic E-state index is 0.182. The van der Waals surface area contributed by atoms with E-state index in [1.54, 1.807) is 6.92 Å². The number of rotatable bonds is 3. The van der Waals surface area contributed by atoms with Crippen molar-refractivity contribution in [3.8, 4) is 0 Å². The highest BCUT2D eigenvalue weighted by molar-refractivity contribution is 5.86. The Morgan fingerprint density at radius 3 is 2.44 bits per heavy atom. The number of allylic oxidation sites excluding steroid dienone is 3. The van der Waals surface area contributed by atoms with Gasteiger partial charge in [0.1, 0.15) is 0 Å². The topological polar surface area (TPSA) is 37.3 Å². The Kier molecular flexibility index (Phi) is 4.66. The van der Waals surface area contributed by atoms with Crippen molar-refractivity contribution in [2.45, 2.75) is 47.0 Å². The molecule has 25 heavy (non-hydrogen) atoms. The first-order valence-corrected chi connectivity index (χ1v) is 9.41. The van der Waals surface area contributed by atoms with Crippen LogP contribution in [0.25, 0.3) is 0 Å². The standard InChI is InChI=1S/C23H30O2/c1-14-11-16(3)21-20(14)15(2)12-19(18-9-7-6-8-10-18)23(21,5)13-17(4)22(24)25/h6-10,12-14,16,19-21H,11H2,1-5H3,(H,24,25)/t14-,16-,19+,20+,21-,23+/m1/s1. The summed E-state index contributed by atoms with van der Waals surface area (Å²) in [5.41, 5.74) is 3.04. The minimum Gasteiger partial charge on any atom is -0.478 e. The summed E-state index contributed by atoms with van der Waals surface area (Å²) in [4.78, 5) is 11.6. The average Bonchev–Trinajstić information content (AvgIpc) is 2.87. The van der Waals surface area contributed by atoms with Crippen LogP contribution in [0, 0.1) is 29.1 Å². The SMILES string of the molecule is CC(=C[C@]1(C)[C@H]2[C@H](C(C)=C[C@H]1c1ccccc1)[C@H](C)C[C@H]2C)C(=O)O. The third-order valence-electron chi connectivity index (χ3n) is 6.72. The van der Waals surface area contributed by atoms with Crippen LogP contribution in [0.2, 0.25) is 0 Å². The van der Waals surface area contributed by atoms with Crippen molar-refractivity contribution in [3.05, 3.63) is 59.2 Å². The second-order valence-electron chi connectivity index (χ2n) is 8.54. The smallest absolute Gasteiger partial charge is 0.330 e. The van der Waals surface area contributed by atoms with Gasteiger partial charge in [0, 0.05) is 16.9 Å². The van der Waals surface area contributed by atoms with Crippen LogP contribution < -0.4 is 0 Å². The quantitative estimate of drug-likeness (QED) is 0.569. The molecule has 1 N–H and O–H groups in total. The molecule has 3 rings (SSSR count). The molecule has 0 unspecified atom stereocenters. The van der Waals surface area contributed by atoms with E-state index in [2.05, 4.69) is 64.1 Å². The Morgan fingerprint density at radius 2 is 1.84 bits per heavy atom. The van der Waals surface area contributed by atoms with Gasteiger partial charge in [-0.25, -0.2) is 4.79 Å². The maximum Gasteiger partial charge on any atom is 0.330 e. The molecule has 0 aromatic heterocycles. The molecule has 0 spiro atoms. The molecule has 1 aromatic rings. The first-order chi connectivity index (χ1) is 11.8. The number of carbonyl (C=O) groups is 1. The van der Waals surface area contributed by atoms with Crippen molar-refractivity contribution in [3.63, 3.8) is 0 Å². The van der Waals surface area contributed by atoms with Crippen LogP contribution in [0.1, 0.15) is 52.5 Å². The van der Waals surface area contributed by atoms with Crippen LogP contribution in [-0.4, -0.2) is 11.1 Å². The van der Waals surface area contributed by atoms with Crippen LogP contribution in [0.15, 0.2) is 53.6 Å². The summed E-state index contributed by atoms with van der Waals surface area (Å²) in [6.45, 7) is 11.0. The van der Waals surface area contributed by atoms with Crippen molar-refractivity contribution in [2.75, 3.05) is 0 Å². The van der Waals surface area contributed by atoms with E-state index in [0.29, 0.717) is 29.2 Å². The van der Waals surface area contributed by atoms with E-state index in [1.807, 2.05) is 6.07 Å². The molecule has 2 nitrogen and oxygen atoms in total. The number of hydrogen-bond acceptors (Lipinski definition) is 1. The lowest BCUT2D eigenvalue weighted by atomic mass is 9.55. The lowest BCUT2D eigenvalue weighted by molar-refractivity contribution is -0.132. The normalized spacial score (nSPS) is 38.2. The molecule has 1 saturated carbocycles. The molecular formula is C23H30O2. The summed E-state index contributed by atoms with van der Waals surface area (Å²) in [5, 5.41) is 9.51. The van der Waals surface area contributed by atoms with E-state index in [9.17, 15) is 9.90 Å². The molecule has 6 atom stereocenters. The average molecular weight is 338 g/mol.